The summed E-state index contributed by atoms with van der Waals surface area (Å²) in [6.07, 6.45) is -0.994. The lowest BCUT2D eigenvalue weighted by molar-refractivity contribution is 0.172. The minimum absolute atomic E-state index is 0.0441. The number of aliphatic hydroxyl groups is 1. The Hall–Kier alpha value is -1.33. The second-order valence-electron chi connectivity index (χ2n) is 3.12. The van der Waals surface area contributed by atoms with Crippen LogP contribution >= 0.6 is 0 Å². The third-order valence-electron chi connectivity index (χ3n) is 2.05. The third kappa shape index (κ3) is 2.57. The average molecular weight is 215 g/mol. The van der Waals surface area contributed by atoms with Crippen molar-refractivity contribution in [3.8, 4) is 11.5 Å². The number of nitrogens with one attached hydrogen (secondary N) is 1. The van der Waals surface area contributed by atoms with Crippen molar-refractivity contribution < 1.29 is 19.3 Å². The van der Waals surface area contributed by atoms with Crippen LogP contribution in [0.25, 0.3) is 0 Å². The van der Waals surface area contributed by atoms with Gasteiger partial charge in [-0.05, 0) is 13.1 Å². The second kappa shape index (κ2) is 4.95. The number of aliphatic hydroxyl groups excluding tert-OH is 1. The molecule has 5 heteroatoms. The van der Waals surface area contributed by atoms with Crippen LogP contribution in [0.4, 0.5) is 4.39 Å². The van der Waals surface area contributed by atoms with Crippen LogP contribution in [0.2, 0.25) is 0 Å². The van der Waals surface area contributed by atoms with Gasteiger partial charge < -0.3 is 20.3 Å². The number of methoxy groups -OCH3 is 1. The Bertz CT molecular complexity index is 344. The second-order valence-corrected chi connectivity index (χ2v) is 3.12. The van der Waals surface area contributed by atoms with E-state index < -0.39 is 11.9 Å². The first-order valence-electron chi connectivity index (χ1n) is 4.49. The van der Waals surface area contributed by atoms with Crippen LogP contribution in [0.15, 0.2) is 12.1 Å². The molecule has 0 spiro atoms. The van der Waals surface area contributed by atoms with Crippen molar-refractivity contribution in [2.75, 3.05) is 20.7 Å². The van der Waals surface area contributed by atoms with Gasteiger partial charge in [-0.3, -0.25) is 0 Å². The first kappa shape index (κ1) is 11.7. The van der Waals surface area contributed by atoms with Gasteiger partial charge in [0.05, 0.1) is 13.2 Å². The monoisotopic (exact) mass is 215 g/mol. The van der Waals surface area contributed by atoms with Gasteiger partial charge in [-0.25, -0.2) is 4.39 Å². The summed E-state index contributed by atoms with van der Waals surface area (Å²) in [4.78, 5) is 0. The molecule has 0 aliphatic rings. The maximum absolute atomic E-state index is 13.4. The molecule has 0 heterocycles. The molecule has 0 aliphatic heterocycles. The molecule has 0 aromatic heterocycles. The van der Waals surface area contributed by atoms with E-state index in [-0.39, 0.29) is 23.6 Å². The van der Waals surface area contributed by atoms with Crippen molar-refractivity contribution in [3.63, 3.8) is 0 Å². The fourth-order valence-corrected chi connectivity index (χ4v) is 1.28. The van der Waals surface area contributed by atoms with Gasteiger partial charge in [-0.15, -0.1) is 0 Å². The Morgan fingerprint density at radius 2 is 2.20 bits per heavy atom. The fraction of sp³-hybridized carbons (Fsp3) is 0.400. The predicted molar refractivity (Wildman–Crippen MR) is 53.5 cm³/mol. The molecule has 0 bridgehead atoms. The number of phenols is 1. The standard InChI is InChI=1S/C10H14FNO3/c1-12-5-9(14)6-3-8(13)10(15-2)4-7(6)11/h3-4,9,12-14H,5H2,1-2H3. The first-order valence-corrected chi connectivity index (χ1v) is 4.49. The lowest BCUT2D eigenvalue weighted by atomic mass is 10.1. The highest BCUT2D eigenvalue weighted by Crippen LogP contribution is 2.31. The molecule has 1 aromatic carbocycles. The van der Waals surface area contributed by atoms with Gasteiger partial charge >= 0.3 is 0 Å². The number of ether oxygens (including phenoxy) is 1. The van der Waals surface area contributed by atoms with E-state index in [2.05, 4.69) is 5.32 Å². The Balaban J connectivity index is 3.04. The van der Waals surface area contributed by atoms with E-state index in [9.17, 15) is 14.6 Å². The number of hydrogen-bond acceptors (Lipinski definition) is 4. The molecule has 0 aliphatic carbocycles. The average Bonchev–Trinajstić information content (AvgIpc) is 2.21. The van der Waals surface area contributed by atoms with Crippen LogP contribution in [0.5, 0.6) is 11.5 Å². The highest BCUT2D eigenvalue weighted by Gasteiger charge is 2.15. The quantitative estimate of drug-likeness (QED) is 0.695. The Labute approximate surface area is 87.3 Å². The van der Waals surface area contributed by atoms with Crippen LogP contribution in [0, 0.1) is 5.82 Å². The van der Waals surface area contributed by atoms with E-state index in [0.717, 1.165) is 12.1 Å². The zero-order valence-electron chi connectivity index (χ0n) is 8.62. The number of aromatic hydroxyl groups is 1. The lowest BCUT2D eigenvalue weighted by Gasteiger charge is -2.13. The van der Waals surface area contributed by atoms with Gasteiger partial charge in [-0.2, -0.15) is 0 Å². The van der Waals surface area contributed by atoms with Gasteiger partial charge in [0, 0.05) is 18.2 Å². The van der Waals surface area contributed by atoms with Crippen molar-refractivity contribution in [1.82, 2.24) is 5.32 Å². The first-order chi connectivity index (χ1) is 7.10. The van der Waals surface area contributed by atoms with E-state index in [4.69, 9.17) is 4.74 Å². The van der Waals surface area contributed by atoms with E-state index in [0.29, 0.717) is 0 Å². The molecule has 3 N–H and O–H groups in total. The molecular weight excluding hydrogens is 201 g/mol. The van der Waals surface area contributed by atoms with E-state index in [1.165, 1.54) is 7.11 Å². The highest BCUT2D eigenvalue weighted by molar-refractivity contribution is 5.43. The van der Waals surface area contributed by atoms with Crippen molar-refractivity contribution >= 4 is 0 Å². The molecule has 1 aromatic rings. The number of phenolic OH excluding ortho intramolecular Hbond substituents is 1. The van der Waals surface area contributed by atoms with Gasteiger partial charge in [0.2, 0.25) is 0 Å². The molecular formula is C10H14FNO3. The summed E-state index contributed by atoms with van der Waals surface area (Å²) in [7, 11) is 2.97. The van der Waals surface area contributed by atoms with Crippen molar-refractivity contribution in [2.24, 2.45) is 0 Å². The van der Waals surface area contributed by atoms with Gasteiger partial charge in [0.15, 0.2) is 11.5 Å². The van der Waals surface area contributed by atoms with Crippen molar-refractivity contribution in [3.05, 3.63) is 23.5 Å². The summed E-state index contributed by atoms with van der Waals surface area (Å²) in [6, 6.07) is 2.21. The Morgan fingerprint density at radius 1 is 1.53 bits per heavy atom. The zero-order chi connectivity index (χ0) is 11.4. The third-order valence-corrected chi connectivity index (χ3v) is 2.05. The van der Waals surface area contributed by atoms with E-state index >= 15 is 0 Å². The minimum Gasteiger partial charge on any atom is -0.504 e. The van der Waals surface area contributed by atoms with E-state index in [1.807, 2.05) is 0 Å². The Kier molecular flexibility index (Phi) is 3.88. The number of halogens is 1. The maximum Gasteiger partial charge on any atom is 0.163 e. The summed E-state index contributed by atoms with van der Waals surface area (Å²) in [5.41, 5.74) is 0.0441. The van der Waals surface area contributed by atoms with Crippen LogP contribution < -0.4 is 10.1 Å². The van der Waals surface area contributed by atoms with Crippen LogP contribution in [0.1, 0.15) is 11.7 Å². The highest BCUT2D eigenvalue weighted by atomic mass is 19.1. The molecule has 0 saturated carbocycles. The molecule has 1 unspecified atom stereocenters. The largest absolute Gasteiger partial charge is 0.504 e. The Morgan fingerprint density at radius 3 is 2.73 bits per heavy atom. The smallest absolute Gasteiger partial charge is 0.163 e. The summed E-state index contributed by atoms with van der Waals surface area (Å²) in [5, 5.41) is 21.7. The molecule has 84 valence electrons. The summed E-state index contributed by atoms with van der Waals surface area (Å²) in [6.45, 7) is 0.211. The number of rotatable bonds is 4. The number of hydrogen-bond donors (Lipinski definition) is 3. The van der Waals surface area contributed by atoms with E-state index in [1.54, 1.807) is 7.05 Å². The SMILES string of the molecule is CNCC(O)c1cc(O)c(OC)cc1F. The van der Waals surface area contributed by atoms with Crippen LogP contribution in [0.3, 0.4) is 0 Å². The molecule has 1 rings (SSSR count). The molecule has 1 atom stereocenters. The van der Waals surface area contributed by atoms with Crippen molar-refractivity contribution in [2.45, 2.75) is 6.10 Å². The van der Waals surface area contributed by atoms with Crippen molar-refractivity contribution in [1.29, 1.82) is 0 Å². The molecule has 15 heavy (non-hydrogen) atoms. The number of benzene rings is 1. The van der Waals surface area contributed by atoms with Gasteiger partial charge in [-0.1, -0.05) is 0 Å². The maximum atomic E-state index is 13.4. The molecule has 0 fully saturated rings. The van der Waals surface area contributed by atoms with Crippen LogP contribution in [-0.2, 0) is 0 Å². The molecule has 0 saturated heterocycles. The summed E-state index contributed by atoms with van der Waals surface area (Å²) >= 11 is 0. The normalized spacial score (nSPS) is 12.5. The summed E-state index contributed by atoms with van der Waals surface area (Å²) < 4.78 is 18.1. The van der Waals surface area contributed by atoms with Gasteiger partial charge in [0.1, 0.15) is 5.82 Å². The van der Waals surface area contributed by atoms with Crippen LogP contribution in [-0.4, -0.2) is 30.9 Å². The molecule has 0 radical (unpaired) electrons. The number of likely N-dealkylation sites (N-methyl/N-ethyl adjacent to an activating group) is 1. The van der Waals surface area contributed by atoms with Gasteiger partial charge in [0.25, 0.3) is 0 Å². The molecule has 4 nitrogen and oxygen atoms in total. The molecule has 0 amide bonds. The minimum atomic E-state index is -0.994. The zero-order valence-corrected chi connectivity index (χ0v) is 8.62. The lowest BCUT2D eigenvalue weighted by Crippen LogP contribution is -2.17. The summed E-state index contributed by atoms with van der Waals surface area (Å²) in [5.74, 6) is -0.746. The predicted octanol–water partition coefficient (Wildman–Crippen LogP) is 0.793. The fourth-order valence-electron chi connectivity index (χ4n) is 1.28. The topological polar surface area (TPSA) is 61.7 Å².